The number of benzene rings is 1. The number of fused-ring (bicyclic) bond motifs is 1. The van der Waals surface area contributed by atoms with E-state index in [9.17, 15) is 4.79 Å². The fourth-order valence-corrected chi connectivity index (χ4v) is 3.35. The van der Waals surface area contributed by atoms with E-state index in [1.165, 1.54) is 10.3 Å². The molecule has 0 radical (unpaired) electrons. The summed E-state index contributed by atoms with van der Waals surface area (Å²) in [7, 11) is 0. The first-order valence-electron chi connectivity index (χ1n) is 6.68. The summed E-state index contributed by atoms with van der Waals surface area (Å²) in [5.41, 5.74) is 2.29. The Hall–Kier alpha value is -1.88. The molecule has 0 bridgehead atoms. The molecule has 4 nitrogen and oxygen atoms in total. The van der Waals surface area contributed by atoms with E-state index in [0.717, 1.165) is 23.7 Å². The summed E-state index contributed by atoms with van der Waals surface area (Å²) >= 11 is 1.69. The smallest absolute Gasteiger partial charge is 0.226 e. The molecule has 104 valence electrons. The summed E-state index contributed by atoms with van der Waals surface area (Å²) in [5.74, 6) is 0.182. The molecule has 1 N–H and O–H groups in total. The first kappa shape index (κ1) is 13.1. The molecule has 2 aromatic rings. The Bertz CT molecular complexity index is 658. The Balaban J connectivity index is 1.66. The zero-order valence-electron chi connectivity index (χ0n) is 11.4. The number of aryl methyl sites for hydroxylation is 1. The second-order valence-corrected chi connectivity index (χ2v) is 6.11. The zero-order valence-corrected chi connectivity index (χ0v) is 12.2. The topological polar surface area (TPSA) is 45.2 Å². The monoisotopic (exact) mass is 287 g/mol. The third-order valence-electron chi connectivity index (χ3n) is 3.48. The van der Waals surface area contributed by atoms with Crippen LogP contribution >= 0.6 is 11.3 Å². The maximum Gasteiger partial charge on any atom is 0.226 e. The summed E-state index contributed by atoms with van der Waals surface area (Å²) in [6, 6.07) is 6.29. The predicted molar refractivity (Wildman–Crippen MR) is 83.3 cm³/mol. The van der Waals surface area contributed by atoms with Crippen LogP contribution in [0.4, 0.5) is 5.13 Å². The number of rotatable bonds is 4. The molecule has 0 aliphatic carbocycles. The van der Waals surface area contributed by atoms with Gasteiger partial charge in [0.05, 0.1) is 16.1 Å². The molecule has 1 aromatic heterocycles. The Morgan fingerprint density at radius 3 is 3.15 bits per heavy atom. The van der Waals surface area contributed by atoms with E-state index in [0.29, 0.717) is 6.54 Å². The van der Waals surface area contributed by atoms with Gasteiger partial charge < -0.3 is 10.2 Å². The van der Waals surface area contributed by atoms with Crippen LogP contribution in [0.2, 0.25) is 0 Å². The van der Waals surface area contributed by atoms with Crippen molar-refractivity contribution >= 4 is 32.6 Å². The van der Waals surface area contributed by atoms with Crippen LogP contribution in [0.25, 0.3) is 10.2 Å². The van der Waals surface area contributed by atoms with E-state index >= 15 is 0 Å². The number of aromatic nitrogens is 1. The number of amides is 1. The highest BCUT2D eigenvalue weighted by Gasteiger charge is 2.34. The average Bonchev–Trinajstić information content (AvgIpc) is 2.76. The molecule has 0 unspecified atom stereocenters. The minimum atomic E-state index is 0.0729. The van der Waals surface area contributed by atoms with Crippen molar-refractivity contribution in [1.82, 2.24) is 10.3 Å². The van der Waals surface area contributed by atoms with E-state index in [1.54, 1.807) is 17.4 Å². The highest BCUT2D eigenvalue weighted by molar-refractivity contribution is 7.22. The average molecular weight is 287 g/mol. The number of carbonyl (C=O) groups is 1. The molecule has 3 rings (SSSR count). The molecular formula is C15H17N3OS. The van der Waals surface area contributed by atoms with Crippen molar-refractivity contribution in [3.63, 3.8) is 0 Å². The van der Waals surface area contributed by atoms with E-state index < -0.39 is 0 Å². The predicted octanol–water partition coefficient (Wildman–Crippen LogP) is 2.34. The van der Waals surface area contributed by atoms with Gasteiger partial charge in [-0.1, -0.05) is 23.5 Å². The molecule has 1 amide bonds. The van der Waals surface area contributed by atoms with Gasteiger partial charge in [0.15, 0.2) is 5.13 Å². The fourth-order valence-electron chi connectivity index (χ4n) is 2.27. The van der Waals surface area contributed by atoms with Gasteiger partial charge in [0.2, 0.25) is 5.91 Å². The molecule has 0 saturated carbocycles. The van der Waals surface area contributed by atoms with E-state index in [-0.39, 0.29) is 11.8 Å². The van der Waals surface area contributed by atoms with Gasteiger partial charge in [-0.2, -0.15) is 0 Å². The Morgan fingerprint density at radius 2 is 2.40 bits per heavy atom. The highest BCUT2D eigenvalue weighted by Crippen LogP contribution is 2.33. The number of carbonyl (C=O) groups excluding carboxylic acids is 1. The van der Waals surface area contributed by atoms with Crippen molar-refractivity contribution in [3.05, 3.63) is 36.4 Å². The van der Waals surface area contributed by atoms with Crippen LogP contribution in [0.5, 0.6) is 0 Å². The summed E-state index contributed by atoms with van der Waals surface area (Å²) in [6.45, 7) is 7.72. The molecule has 20 heavy (non-hydrogen) atoms. The molecule has 1 aliphatic rings. The van der Waals surface area contributed by atoms with E-state index in [2.05, 4.69) is 46.9 Å². The van der Waals surface area contributed by atoms with Crippen molar-refractivity contribution in [2.45, 2.75) is 6.92 Å². The summed E-state index contributed by atoms with van der Waals surface area (Å²) in [5, 5.41) is 3.85. The zero-order chi connectivity index (χ0) is 14.1. The molecule has 5 heteroatoms. The molecule has 0 atom stereocenters. The molecular weight excluding hydrogens is 270 g/mol. The van der Waals surface area contributed by atoms with Crippen LogP contribution in [-0.2, 0) is 4.79 Å². The van der Waals surface area contributed by atoms with Crippen LogP contribution in [0.1, 0.15) is 5.56 Å². The Morgan fingerprint density at radius 1 is 1.60 bits per heavy atom. The minimum absolute atomic E-state index is 0.0729. The second kappa shape index (κ2) is 5.25. The SMILES string of the molecule is C=CCNC(=O)C1CN(c2nc3ccc(C)cc3s2)C1. The van der Waals surface area contributed by atoms with Crippen LogP contribution in [0.15, 0.2) is 30.9 Å². The lowest BCUT2D eigenvalue weighted by atomic mass is 10.0. The van der Waals surface area contributed by atoms with Gasteiger partial charge in [-0.3, -0.25) is 4.79 Å². The quantitative estimate of drug-likeness (QED) is 0.878. The lowest BCUT2D eigenvalue weighted by Crippen LogP contribution is -2.53. The van der Waals surface area contributed by atoms with Gasteiger partial charge in [0, 0.05) is 19.6 Å². The standard InChI is InChI=1S/C15H17N3OS/c1-3-6-16-14(19)11-8-18(9-11)15-17-12-5-4-10(2)7-13(12)20-15/h3-5,7,11H,1,6,8-9H2,2H3,(H,16,19). The second-order valence-electron chi connectivity index (χ2n) is 5.10. The number of anilines is 1. The summed E-state index contributed by atoms with van der Waals surface area (Å²) in [4.78, 5) is 18.6. The number of nitrogens with one attached hydrogen (secondary N) is 1. The van der Waals surface area contributed by atoms with Crippen molar-refractivity contribution in [2.75, 3.05) is 24.5 Å². The van der Waals surface area contributed by atoms with Gasteiger partial charge in [0.1, 0.15) is 0 Å². The van der Waals surface area contributed by atoms with E-state index in [4.69, 9.17) is 0 Å². The number of hydrogen-bond acceptors (Lipinski definition) is 4. The normalized spacial score (nSPS) is 15.2. The summed E-state index contributed by atoms with van der Waals surface area (Å²) in [6.07, 6.45) is 1.70. The lowest BCUT2D eigenvalue weighted by Gasteiger charge is -2.37. The number of thiazole rings is 1. The van der Waals surface area contributed by atoms with Crippen molar-refractivity contribution in [1.29, 1.82) is 0 Å². The van der Waals surface area contributed by atoms with Gasteiger partial charge in [-0.05, 0) is 24.6 Å². The molecule has 1 saturated heterocycles. The first-order valence-corrected chi connectivity index (χ1v) is 7.50. The molecule has 1 fully saturated rings. The fraction of sp³-hybridized carbons (Fsp3) is 0.333. The Labute approximate surface area is 122 Å². The number of nitrogens with zero attached hydrogens (tertiary/aromatic N) is 2. The lowest BCUT2D eigenvalue weighted by molar-refractivity contribution is -0.125. The van der Waals surface area contributed by atoms with Gasteiger partial charge >= 0.3 is 0 Å². The molecule has 2 heterocycles. The van der Waals surface area contributed by atoms with Crippen molar-refractivity contribution in [3.8, 4) is 0 Å². The molecule has 1 aliphatic heterocycles. The molecule has 0 spiro atoms. The first-order chi connectivity index (χ1) is 9.67. The Kier molecular flexibility index (Phi) is 3.44. The third kappa shape index (κ3) is 2.41. The third-order valence-corrected chi connectivity index (χ3v) is 4.56. The van der Waals surface area contributed by atoms with Crippen molar-refractivity contribution < 1.29 is 4.79 Å². The van der Waals surface area contributed by atoms with Gasteiger partial charge in [-0.25, -0.2) is 4.98 Å². The maximum absolute atomic E-state index is 11.8. The van der Waals surface area contributed by atoms with Crippen LogP contribution < -0.4 is 10.2 Å². The summed E-state index contributed by atoms with van der Waals surface area (Å²) < 4.78 is 1.21. The highest BCUT2D eigenvalue weighted by atomic mass is 32.1. The van der Waals surface area contributed by atoms with Crippen LogP contribution in [0, 0.1) is 12.8 Å². The maximum atomic E-state index is 11.8. The molecule has 1 aromatic carbocycles. The van der Waals surface area contributed by atoms with E-state index in [1.807, 2.05) is 0 Å². The van der Waals surface area contributed by atoms with Gasteiger partial charge in [-0.15, -0.1) is 6.58 Å². The van der Waals surface area contributed by atoms with Gasteiger partial charge in [0.25, 0.3) is 0 Å². The van der Waals surface area contributed by atoms with Crippen LogP contribution in [-0.4, -0.2) is 30.5 Å². The minimum Gasteiger partial charge on any atom is -0.352 e. The van der Waals surface area contributed by atoms with Crippen LogP contribution in [0.3, 0.4) is 0 Å². The van der Waals surface area contributed by atoms with Crippen molar-refractivity contribution in [2.24, 2.45) is 5.92 Å². The number of hydrogen-bond donors (Lipinski definition) is 1. The largest absolute Gasteiger partial charge is 0.352 e.